The molecule has 4 heteroatoms. The molecule has 168 valence electrons. The molecule has 4 nitrogen and oxygen atoms in total. The van der Waals surface area contributed by atoms with Crippen molar-refractivity contribution in [2.24, 2.45) is 0 Å². The number of fused-ring (bicyclic) bond motifs is 1. The number of ketones is 1. The molecule has 0 atom stereocenters. The van der Waals surface area contributed by atoms with Gasteiger partial charge in [0.2, 0.25) is 0 Å². The van der Waals surface area contributed by atoms with Crippen LogP contribution in [-0.2, 0) is 21.5 Å². The maximum Gasteiger partial charge on any atom is 0.379 e. The molecular formula is C29H29NO3. The first-order valence-corrected chi connectivity index (χ1v) is 11.3. The highest BCUT2D eigenvalue weighted by atomic mass is 16.5. The fourth-order valence-electron chi connectivity index (χ4n) is 4.04. The molecule has 0 aliphatic heterocycles. The van der Waals surface area contributed by atoms with Gasteiger partial charge < -0.3 is 9.30 Å². The summed E-state index contributed by atoms with van der Waals surface area (Å²) < 4.78 is 7.01. The molecule has 1 heterocycles. The van der Waals surface area contributed by atoms with Crippen LogP contribution in [0.25, 0.3) is 22.0 Å². The molecular weight excluding hydrogens is 410 g/mol. The third kappa shape index (κ3) is 4.75. The third-order valence-corrected chi connectivity index (χ3v) is 5.87. The molecule has 3 aromatic carbocycles. The van der Waals surface area contributed by atoms with Crippen LogP contribution in [0.15, 0.2) is 79.0 Å². The van der Waals surface area contributed by atoms with Gasteiger partial charge in [-0.3, -0.25) is 4.79 Å². The van der Waals surface area contributed by atoms with Crippen molar-refractivity contribution in [1.82, 2.24) is 4.57 Å². The van der Waals surface area contributed by atoms with E-state index in [0.717, 1.165) is 27.6 Å². The molecule has 0 radical (unpaired) electrons. The van der Waals surface area contributed by atoms with Crippen LogP contribution in [0.2, 0.25) is 0 Å². The quantitative estimate of drug-likeness (QED) is 0.198. The standard InChI is InChI=1S/C29H29NO3/c1-5-33-28(32)27(31)25-19-30(18-20-9-7-6-8-10-20)26-16-13-22(17-24(25)26)21-11-14-23(15-12-21)29(2,3)4/h6-17,19H,5,18H2,1-4H3. The second kappa shape index (κ2) is 9.07. The minimum atomic E-state index is -0.823. The van der Waals surface area contributed by atoms with Crippen molar-refractivity contribution in [2.45, 2.75) is 39.7 Å². The molecule has 4 aromatic rings. The number of carbonyl (C=O) groups excluding carboxylic acids is 2. The zero-order valence-electron chi connectivity index (χ0n) is 19.6. The van der Waals surface area contributed by atoms with E-state index in [1.54, 1.807) is 13.1 Å². The van der Waals surface area contributed by atoms with Gasteiger partial charge in [-0.1, -0.05) is 81.4 Å². The number of Topliss-reactive ketones (excluding diaryl/α,β-unsaturated/α-hetero) is 1. The second-order valence-electron chi connectivity index (χ2n) is 9.27. The van der Waals surface area contributed by atoms with Gasteiger partial charge in [-0.05, 0) is 46.7 Å². The predicted molar refractivity (Wildman–Crippen MR) is 133 cm³/mol. The lowest BCUT2D eigenvalue weighted by molar-refractivity contribution is -0.137. The predicted octanol–water partition coefficient (Wildman–Crippen LogP) is 6.40. The number of carbonyl (C=O) groups is 2. The first-order valence-electron chi connectivity index (χ1n) is 11.3. The van der Waals surface area contributed by atoms with Crippen LogP contribution in [0.5, 0.6) is 0 Å². The van der Waals surface area contributed by atoms with E-state index in [9.17, 15) is 9.59 Å². The lowest BCUT2D eigenvalue weighted by Crippen LogP contribution is -2.17. The van der Waals surface area contributed by atoms with Crippen LogP contribution in [0.1, 0.15) is 49.2 Å². The van der Waals surface area contributed by atoms with Crippen molar-refractivity contribution >= 4 is 22.7 Å². The number of rotatable bonds is 6. The lowest BCUT2D eigenvalue weighted by Gasteiger charge is -2.19. The SMILES string of the molecule is CCOC(=O)C(=O)c1cn(Cc2ccccc2)c2ccc(-c3ccc(C(C)(C)C)cc3)cc12. The molecule has 0 unspecified atom stereocenters. The smallest absolute Gasteiger partial charge is 0.379 e. The highest BCUT2D eigenvalue weighted by Crippen LogP contribution is 2.31. The fourth-order valence-corrected chi connectivity index (χ4v) is 4.04. The molecule has 33 heavy (non-hydrogen) atoms. The lowest BCUT2D eigenvalue weighted by atomic mass is 9.86. The minimum absolute atomic E-state index is 0.0797. The molecule has 0 aliphatic rings. The number of esters is 1. The average Bonchev–Trinajstić information content (AvgIpc) is 3.16. The Kier molecular flexibility index (Phi) is 6.19. The molecule has 0 spiro atoms. The van der Waals surface area contributed by atoms with Crippen molar-refractivity contribution in [1.29, 1.82) is 0 Å². The van der Waals surface area contributed by atoms with Gasteiger partial charge in [0.25, 0.3) is 5.78 Å². The Bertz CT molecular complexity index is 1290. The van der Waals surface area contributed by atoms with Crippen LogP contribution < -0.4 is 0 Å². The summed E-state index contributed by atoms with van der Waals surface area (Å²) in [7, 11) is 0. The summed E-state index contributed by atoms with van der Waals surface area (Å²) in [6.45, 7) is 9.04. The van der Waals surface area contributed by atoms with Gasteiger partial charge in [0.05, 0.1) is 12.2 Å². The Balaban J connectivity index is 1.80. The first-order chi connectivity index (χ1) is 15.8. The first kappa shape index (κ1) is 22.5. The molecule has 0 saturated heterocycles. The van der Waals surface area contributed by atoms with E-state index in [4.69, 9.17) is 4.74 Å². The van der Waals surface area contributed by atoms with Crippen molar-refractivity contribution < 1.29 is 14.3 Å². The van der Waals surface area contributed by atoms with E-state index in [1.807, 2.05) is 47.0 Å². The molecule has 0 amide bonds. The van der Waals surface area contributed by atoms with Gasteiger partial charge in [0.1, 0.15) is 0 Å². The number of aromatic nitrogens is 1. The molecule has 4 rings (SSSR count). The maximum absolute atomic E-state index is 12.9. The van der Waals surface area contributed by atoms with E-state index in [-0.39, 0.29) is 12.0 Å². The van der Waals surface area contributed by atoms with E-state index in [1.165, 1.54) is 5.56 Å². The Morgan fingerprint density at radius 2 is 1.55 bits per heavy atom. The summed E-state index contributed by atoms with van der Waals surface area (Å²) in [6, 6.07) is 24.6. The zero-order valence-corrected chi connectivity index (χ0v) is 19.6. The van der Waals surface area contributed by atoms with Gasteiger partial charge in [-0.25, -0.2) is 4.79 Å². The molecule has 1 aromatic heterocycles. The summed E-state index contributed by atoms with van der Waals surface area (Å²) >= 11 is 0. The van der Waals surface area contributed by atoms with Crippen molar-refractivity contribution in [2.75, 3.05) is 6.61 Å². The van der Waals surface area contributed by atoms with Gasteiger partial charge >= 0.3 is 5.97 Å². The van der Waals surface area contributed by atoms with E-state index >= 15 is 0 Å². The van der Waals surface area contributed by atoms with Gasteiger partial charge in [0, 0.05) is 23.6 Å². The topological polar surface area (TPSA) is 48.3 Å². The number of benzene rings is 3. The number of ether oxygens (including phenoxy) is 1. The highest BCUT2D eigenvalue weighted by molar-refractivity contribution is 6.43. The van der Waals surface area contributed by atoms with E-state index in [2.05, 4.69) is 51.1 Å². The summed E-state index contributed by atoms with van der Waals surface area (Å²) in [5.74, 6) is -1.44. The second-order valence-corrected chi connectivity index (χ2v) is 9.27. The minimum Gasteiger partial charge on any atom is -0.460 e. The van der Waals surface area contributed by atoms with Crippen LogP contribution >= 0.6 is 0 Å². The Labute approximate surface area is 194 Å². The molecule has 0 bridgehead atoms. The largest absolute Gasteiger partial charge is 0.460 e. The summed E-state index contributed by atoms with van der Waals surface area (Å²) in [4.78, 5) is 25.2. The normalized spacial score (nSPS) is 11.5. The third-order valence-electron chi connectivity index (χ3n) is 5.87. The Hall–Kier alpha value is -3.66. The Morgan fingerprint density at radius 1 is 0.879 bits per heavy atom. The molecule has 0 aliphatic carbocycles. The summed E-state index contributed by atoms with van der Waals surface area (Å²) in [5.41, 5.74) is 5.80. The zero-order chi connectivity index (χ0) is 23.6. The number of hydrogen-bond acceptors (Lipinski definition) is 3. The van der Waals surface area contributed by atoms with Crippen LogP contribution in [0.3, 0.4) is 0 Å². The molecule has 0 fully saturated rings. The monoisotopic (exact) mass is 439 g/mol. The van der Waals surface area contributed by atoms with Crippen LogP contribution in [-0.4, -0.2) is 22.9 Å². The highest BCUT2D eigenvalue weighted by Gasteiger charge is 2.23. The van der Waals surface area contributed by atoms with Gasteiger partial charge in [-0.2, -0.15) is 0 Å². The fraction of sp³-hybridized carbons (Fsp3) is 0.241. The number of nitrogens with zero attached hydrogens (tertiary/aromatic N) is 1. The van der Waals surface area contributed by atoms with Crippen LogP contribution in [0.4, 0.5) is 0 Å². The van der Waals surface area contributed by atoms with Gasteiger partial charge in [-0.15, -0.1) is 0 Å². The van der Waals surface area contributed by atoms with E-state index < -0.39 is 11.8 Å². The van der Waals surface area contributed by atoms with Crippen LogP contribution in [0, 0.1) is 0 Å². The van der Waals surface area contributed by atoms with Crippen molar-refractivity contribution in [3.8, 4) is 11.1 Å². The van der Waals surface area contributed by atoms with Crippen molar-refractivity contribution in [3.05, 3.63) is 95.7 Å². The van der Waals surface area contributed by atoms with E-state index in [0.29, 0.717) is 12.1 Å². The molecule has 0 saturated carbocycles. The van der Waals surface area contributed by atoms with Gasteiger partial charge in [0.15, 0.2) is 0 Å². The molecule has 0 N–H and O–H groups in total. The van der Waals surface area contributed by atoms with Crippen molar-refractivity contribution in [3.63, 3.8) is 0 Å². The number of hydrogen-bond donors (Lipinski definition) is 0. The summed E-state index contributed by atoms with van der Waals surface area (Å²) in [5, 5.41) is 0.751. The average molecular weight is 440 g/mol. The maximum atomic E-state index is 12.9. The Morgan fingerprint density at radius 3 is 2.18 bits per heavy atom. The summed E-state index contributed by atoms with van der Waals surface area (Å²) in [6.07, 6.45) is 1.77.